The van der Waals surface area contributed by atoms with Gasteiger partial charge in [-0.2, -0.15) is 4.98 Å². The van der Waals surface area contributed by atoms with Crippen molar-refractivity contribution in [1.29, 1.82) is 0 Å². The lowest BCUT2D eigenvalue weighted by molar-refractivity contribution is 0.391. The number of aromatic nitrogens is 2. The van der Waals surface area contributed by atoms with Crippen molar-refractivity contribution in [3.8, 4) is 0 Å². The van der Waals surface area contributed by atoms with Gasteiger partial charge >= 0.3 is 0 Å². The molecule has 2 aromatic rings. The normalized spacial score (nSPS) is 10.2. The van der Waals surface area contributed by atoms with Gasteiger partial charge in [-0.05, 0) is 5.56 Å². The van der Waals surface area contributed by atoms with Crippen LogP contribution in [-0.2, 0) is 6.42 Å². The zero-order valence-electron chi connectivity index (χ0n) is 6.77. The molecule has 13 heavy (non-hydrogen) atoms. The average molecular weight is 239 g/mol. The van der Waals surface area contributed by atoms with Crippen LogP contribution < -0.4 is 0 Å². The van der Waals surface area contributed by atoms with Crippen LogP contribution in [0.3, 0.4) is 0 Å². The van der Waals surface area contributed by atoms with E-state index < -0.39 is 0 Å². The summed E-state index contributed by atoms with van der Waals surface area (Å²) >= 11 is 3.11. The minimum Gasteiger partial charge on any atom is -0.327 e. The summed E-state index contributed by atoms with van der Waals surface area (Å²) in [5.41, 5.74) is 1.18. The Morgan fingerprint density at radius 2 is 2.00 bits per heavy atom. The molecule has 0 amide bonds. The number of halogens is 1. The first kappa shape index (κ1) is 8.44. The number of hydrogen-bond acceptors (Lipinski definition) is 3. The Kier molecular flexibility index (Phi) is 2.40. The van der Waals surface area contributed by atoms with Crippen molar-refractivity contribution in [3.05, 3.63) is 46.5 Å². The van der Waals surface area contributed by atoms with Gasteiger partial charge in [-0.15, -0.1) is 0 Å². The van der Waals surface area contributed by atoms with Crippen molar-refractivity contribution in [1.82, 2.24) is 10.1 Å². The van der Waals surface area contributed by atoms with Crippen molar-refractivity contribution < 1.29 is 4.52 Å². The van der Waals surface area contributed by atoms with Gasteiger partial charge in [0.05, 0.1) is 0 Å². The zero-order chi connectivity index (χ0) is 9.10. The van der Waals surface area contributed by atoms with E-state index in [1.165, 1.54) is 5.56 Å². The average Bonchev–Trinajstić information content (AvgIpc) is 2.53. The van der Waals surface area contributed by atoms with E-state index in [9.17, 15) is 0 Å². The Morgan fingerprint density at radius 3 is 2.62 bits per heavy atom. The molecule has 1 aromatic heterocycles. The van der Waals surface area contributed by atoms with Crippen molar-refractivity contribution in [2.75, 3.05) is 0 Å². The Bertz CT molecular complexity index is 386. The fraction of sp³-hybridized carbons (Fsp3) is 0.111. The van der Waals surface area contributed by atoms with Gasteiger partial charge in [-0.25, -0.2) is 0 Å². The van der Waals surface area contributed by atoms with Crippen LogP contribution in [0.15, 0.2) is 39.7 Å². The van der Waals surface area contributed by atoms with Gasteiger partial charge < -0.3 is 4.52 Å². The topological polar surface area (TPSA) is 38.9 Å². The molecule has 0 aliphatic heterocycles. The molecule has 0 bridgehead atoms. The van der Waals surface area contributed by atoms with Crippen molar-refractivity contribution in [3.63, 3.8) is 0 Å². The fourth-order valence-electron chi connectivity index (χ4n) is 1.08. The predicted molar refractivity (Wildman–Crippen MR) is 51.2 cm³/mol. The van der Waals surface area contributed by atoms with E-state index >= 15 is 0 Å². The summed E-state index contributed by atoms with van der Waals surface area (Å²) in [5.74, 6) is 0.693. The minimum atomic E-state index is 0.429. The summed E-state index contributed by atoms with van der Waals surface area (Å²) in [6.45, 7) is 0. The third-order valence-corrected chi connectivity index (χ3v) is 1.97. The molecular formula is C9H7BrN2O. The first-order valence-electron chi connectivity index (χ1n) is 3.86. The quantitative estimate of drug-likeness (QED) is 0.807. The van der Waals surface area contributed by atoms with Crippen LogP contribution in [0, 0.1) is 0 Å². The zero-order valence-corrected chi connectivity index (χ0v) is 8.36. The largest absolute Gasteiger partial charge is 0.327 e. The van der Waals surface area contributed by atoms with Crippen LogP contribution in [0.5, 0.6) is 0 Å². The molecule has 66 valence electrons. The highest BCUT2D eigenvalue weighted by Crippen LogP contribution is 2.09. The van der Waals surface area contributed by atoms with E-state index in [4.69, 9.17) is 4.52 Å². The molecule has 1 aromatic carbocycles. The van der Waals surface area contributed by atoms with Crippen LogP contribution in [0.1, 0.15) is 11.4 Å². The maximum Gasteiger partial charge on any atom is 0.293 e. The van der Waals surface area contributed by atoms with E-state index in [0.29, 0.717) is 17.0 Å². The molecule has 0 atom stereocenters. The van der Waals surface area contributed by atoms with Crippen LogP contribution in [0.25, 0.3) is 0 Å². The summed E-state index contributed by atoms with van der Waals surface area (Å²) in [6, 6.07) is 10.0. The lowest BCUT2D eigenvalue weighted by Gasteiger charge is -1.93. The number of rotatable bonds is 2. The Hall–Kier alpha value is -1.16. The van der Waals surface area contributed by atoms with Crippen LogP contribution in [0.2, 0.25) is 0 Å². The predicted octanol–water partition coefficient (Wildman–Crippen LogP) is 2.42. The van der Waals surface area contributed by atoms with E-state index in [-0.39, 0.29) is 0 Å². The fourth-order valence-corrected chi connectivity index (χ4v) is 1.36. The highest BCUT2D eigenvalue weighted by molar-refractivity contribution is 9.10. The van der Waals surface area contributed by atoms with Gasteiger partial charge in [0, 0.05) is 22.4 Å². The highest BCUT2D eigenvalue weighted by atomic mass is 79.9. The molecule has 0 radical (unpaired) electrons. The summed E-state index contributed by atoms with van der Waals surface area (Å²) < 4.78 is 4.79. The summed E-state index contributed by atoms with van der Waals surface area (Å²) in [5, 5.41) is 3.78. The molecule has 0 aliphatic carbocycles. The van der Waals surface area contributed by atoms with E-state index in [1.807, 2.05) is 30.3 Å². The SMILES string of the molecule is Brc1nc(Cc2ccccc2)no1. The second-order valence-electron chi connectivity index (χ2n) is 2.63. The Balaban J connectivity index is 2.15. The first-order chi connectivity index (χ1) is 6.34. The molecule has 4 heteroatoms. The van der Waals surface area contributed by atoms with Gasteiger partial charge in [0.15, 0.2) is 5.82 Å². The van der Waals surface area contributed by atoms with E-state index in [2.05, 4.69) is 26.1 Å². The smallest absolute Gasteiger partial charge is 0.293 e. The van der Waals surface area contributed by atoms with Crippen LogP contribution in [0.4, 0.5) is 0 Å². The number of benzene rings is 1. The molecule has 0 N–H and O–H groups in total. The monoisotopic (exact) mass is 238 g/mol. The van der Waals surface area contributed by atoms with Gasteiger partial charge in [0.1, 0.15) is 0 Å². The number of hydrogen-bond donors (Lipinski definition) is 0. The Morgan fingerprint density at radius 1 is 1.23 bits per heavy atom. The molecule has 0 aliphatic rings. The second-order valence-corrected chi connectivity index (χ2v) is 3.30. The standard InChI is InChI=1S/C9H7BrN2O/c10-9-11-8(12-13-9)6-7-4-2-1-3-5-7/h1-5H,6H2. The summed E-state index contributed by atoms with van der Waals surface area (Å²) in [4.78, 5) is 4.47. The maximum atomic E-state index is 4.79. The third kappa shape index (κ3) is 2.15. The molecule has 0 saturated carbocycles. The highest BCUT2D eigenvalue weighted by Gasteiger charge is 2.03. The summed E-state index contributed by atoms with van der Waals surface area (Å²) in [7, 11) is 0. The van der Waals surface area contributed by atoms with E-state index in [1.54, 1.807) is 0 Å². The number of nitrogens with zero attached hydrogens (tertiary/aromatic N) is 2. The lowest BCUT2D eigenvalue weighted by atomic mass is 10.1. The van der Waals surface area contributed by atoms with Gasteiger partial charge in [-0.1, -0.05) is 35.5 Å². The van der Waals surface area contributed by atoms with Gasteiger partial charge in [0.25, 0.3) is 4.80 Å². The van der Waals surface area contributed by atoms with Crippen molar-refractivity contribution in [2.24, 2.45) is 0 Å². The molecule has 2 rings (SSSR count). The lowest BCUT2D eigenvalue weighted by Crippen LogP contribution is -1.89. The minimum absolute atomic E-state index is 0.429. The Labute approximate surface area is 83.9 Å². The molecule has 3 nitrogen and oxygen atoms in total. The summed E-state index contributed by atoms with van der Waals surface area (Å²) in [6.07, 6.45) is 0.704. The molecular weight excluding hydrogens is 232 g/mol. The molecule has 0 saturated heterocycles. The molecule has 0 spiro atoms. The molecule has 1 heterocycles. The molecule has 0 fully saturated rings. The molecule has 0 unspecified atom stereocenters. The van der Waals surface area contributed by atoms with Crippen LogP contribution >= 0.6 is 15.9 Å². The van der Waals surface area contributed by atoms with Gasteiger partial charge in [0.2, 0.25) is 0 Å². The van der Waals surface area contributed by atoms with Crippen molar-refractivity contribution >= 4 is 15.9 Å². The van der Waals surface area contributed by atoms with Crippen LogP contribution in [-0.4, -0.2) is 10.1 Å². The van der Waals surface area contributed by atoms with Crippen molar-refractivity contribution in [2.45, 2.75) is 6.42 Å². The van der Waals surface area contributed by atoms with E-state index in [0.717, 1.165) is 0 Å². The second kappa shape index (κ2) is 3.70. The van der Waals surface area contributed by atoms with Gasteiger partial charge in [-0.3, -0.25) is 0 Å². The first-order valence-corrected chi connectivity index (χ1v) is 4.66. The maximum absolute atomic E-state index is 4.79. The third-order valence-electron chi connectivity index (χ3n) is 1.65.